The van der Waals surface area contributed by atoms with Crippen molar-refractivity contribution in [2.45, 2.75) is 44.9 Å². The number of nitrogens with zero attached hydrogens (tertiary/aromatic N) is 2. The van der Waals surface area contributed by atoms with Gasteiger partial charge < -0.3 is 24.4 Å². The van der Waals surface area contributed by atoms with Gasteiger partial charge in [-0.3, -0.25) is 9.59 Å². The van der Waals surface area contributed by atoms with E-state index in [1.807, 2.05) is 30.3 Å². The predicted molar refractivity (Wildman–Crippen MR) is 116 cm³/mol. The fourth-order valence-electron chi connectivity index (χ4n) is 4.22. The highest BCUT2D eigenvalue weighted by molar-refractivity contribution is 6.11. The van der Waals surface area contributed by atoms with Gasteiger partial charge in [0.15, 0.2) is 11.5 Å². The van der Waals surface area contributed by atoms with Crippen LogP contribution in [0.4, 0.5) is 5.69 Å². The van der Waals surface area contributed by atoms with E-state index in [1.165, 1.54) is 12.0 Å². The summed E-state index contributed by atoms with van der Waals surface area (Å²) in [5.74, 6) is 0.492. The Morgan fingerprint density at radius 1 is 1.13 bits per heavy atom. The minimum absolute atomic E-state index is 0.156. The van der Waals surface area contributed by atoms with E-state index in [1.54, 1.807) is 17.0 Å². The molecule has 31 heavy (non-hydrogen) atoms. The summed E-state index contributed by atoms with van der Waals surface area (Å²) < 4.78 is 11.5. The lowest BCUT2D eigenvalue weighted by Gasteiger charge is -2.26. The third-order valence-electron chi connectivity index (χ3n) is 5.87. The zero-order chi connectivity index (χ0) is 22.0. The third-order valence-corrected chi connectivity index (χ3v) is 5.87. The van der Waals surface area contributed by atoms with Gasteiger partial charge in [0, 0.05) is 25.6 Å². The topological polar surface area (TPSA) is 79.3 Å². The number of fused-ring (bicyclic) bond motifs is 2. The van der Waals surface area contributed by atoms with Gasteiger partial charge in [0.05, 0.1) is 24.5 Å². The molecule has 1 fully saturated rings. The van der Waals surface area contributed by atoms with Crippen LogP contribution in [-0.2, 0) is 11.4 Å². The molecule has 2 amide bonds. The van der Waals surface area contributed by atoms with Gasteiger partial charge in [0.25, 0.3) is 5.91 Å². The smallest absolute Gasteiger partial charge is 0.256 e. The van der Waals surface area contributed by atoms with Crippen molar-refractivity contribution >= 4 is 17.5 Å². The molecule has 2 atom stereocenters. The van der Waals surface area contributed by atoms with E-state index in [2.05, 4.69) is 6.92 Å². The monoisotopic (exact) mass is 424 g/mol. The van der Waals surface area contributed by atoms with Gasteiger partial charge in [0.2, 0.25) is 5.91 Å². The van der Waals surface area contributed by atoms with Crippen LogP contribution in [0, 0.1) is 0 Å². The van der Waals surface area contributed by atoms with Crippen LogP contribution in [0.5, 0.6) is 11.5 Å². The van der Waals surface area contributed by atoms with E-state index in [0.717, 1.165) is 18.4 Å². The molecule has 0 bridgehead atoms. The number of carbonyl (C=O) groups is 2. The third kappa shape index (κ3) is 4.10. The molecule has 1 N–H and O–H groups in total. The van der Waals surface area contributed by atoms with Gasteiger partial charge in [-0.05, 0) is 18.1 Å². The number of benzene rings is 2. The average Bonchev–Trinajstić information content (AvgIpc) is 3.16. The Labute approximate surface area is 182 Å². The molecule has 0 radical (unpaired) electrons. The second-order valence-electron chi connectivity index (χ2n) is 8.00. The molecular formula is C24H28N2O5. The number of ether oxygens (including phenoxy) is 2. The van der Waals surface area contributed by atoms with Crippen molar-refractivity contribution in [2.75, 3.05) is 25.1 Å². The number of methoxy groups -OCH3 is 1. The Hall–Kier alpha value is -3.06. The molecule has 4 rings (SSSR count). The number of carbonyl (C=O) groups excluding carboxylic acids is 2. The number of aliphatic hydroxyl groups is 1. The van der Waals surface area contributed by atoms with E-state index >= 15 is 0 Å². The highest BCUT2D eigenvalue weighted by atomic mass is 16.5. The van der Waals surface area contributed by atoms with Crippen LogP contribution in [0.1, 0.15) is 42.1 Å². The van der Waals surface area contributed by atoms with Crippen LogP contribution >= 0.6 is 0 Å². The Balaban J connectivity index is 1.75. The van der Waals surface area contributed by atoms with E-state index < -0.39 is 12.1 Å². The van der Waals surface area contributed by atoms with Gasteiger partial charge in [-0.25, -0.2) is 0 Å². The zero-order valence-electron chi connectivity index (χ0n) is 17.9. The van der Waals surface area contributed by atoms with Gasteiger partial charge in [-0.15, -0.1) is 0 Å². The minimum Gasteiger partial charge on any atom is -0.493 e. The van der Waals surface area contributed by atoms with Crippen LogP contribution in [0.3, 0.4) is 0 Å². The lowest BCUT2D eigenvalue weighted by atomic mass is 10.1. The van der Waals surface area contributed by atoms with Crippen LogP contribution in [0.2, 0.25) is 0 Å². The van der Waals surface area contributed by atoms with Crippen molar-refractivity contribution in [1.82, 2.24) is 4.90 Å². The number of unbranched alkanes of at least 4 members (excludes halogenated alkanes) is 1. The molecule has 0 spiro atoms. The fourth-order valence-corrected chi connectivity index (χ4v) is 4.22. The highest BCUT2D eigenvalue weighted by Gasteiger charge is 2.45. The second-order valence-corrected chi connectivity index (χ2v) is 8.00. The van der Waals surface area contributed by atoms with Crippen molar-refractivity contribution in [1.29, 1.82) is 0 Å². The average molecular weight is 424 g/mol. The summed E-state index contributed by atoms with van der Waals surface area (Å²) in [6, 6.07) is 12.5. The lowest BCUT2D eigenvalue weighted by molar-refractivity contribution is -0.122. The Morgan fingerprint density at radius 3 is 2.61 bits per heavy atom. The Kier molecular flexibility index (Phi) is 6.13. The molecule has 0 aliphatic carbocycles. The van der Waals surface area contributed by atoms with E-state index in [9.17, 15) is 14.7 Å². The molecular weight excluding hydrogens is 396 g/mol. The maximum Gasteiger partial charge on any atom is 0.256 e. The first-order chi connectivity index (χ1) is 15.0. The summed E-state index contributed by atoms with van der Waals surface area (Å²) in [6.45, 7) is 3.06. The molecule has 2 aromatic carbocycles. The van der Waals surface area contributed by atoms with Crippen LogP contribution < -0.4 is 14.4 Å². The van der Waals surface area contributed by atoms with Gasteiger partial charge in [0.1, 0.15) is 12.6 Å². The molecule has 7 nitrogen and oxygen atoms in total. The molecule has 2 aromatic rings. The number of anilines is 1. The van der Waals surface area contributed by atoms with E-state index in [0.29, 0.717) is 35.9 Å². The molecule has 2 aliphatic rings. The molecule has 0 unspecified atom stereocenters. The van der Waals surface area contributed by atoms with Crippen molar-refractivity contribution < 1.29 is 24.2 Å². The molecule has 2 aliphatic heterocycles. The quantitative estimate of drug-likeness (QED) is 0.739. The summed E-state index contributed by atoms with van der Waals surface area (Å²) in [6.07, 6.45) is 1.29. The molecule has 1 saturated heterocycles. The van der Waals surface area contributed by atoms with Crippen molar-refractivity contribution in [3.8, 4) is 11.5 Å². The van der Waals surface area contributed by atoms with Crippen molar-refractivity contribution in [3.63, 3.8) is 0 Å². The Bertz CT molecular complexity index is 962. The summed E-state index contributed by atoms with van der Waals surface area (Å²) in [4.78, 5) is 29.9. The zero-order valence-corrected chi connectivity index (χ0v) is 17.9. The van der Waals surface area contributed by atoms with Gasteiger partial charge >= 0.3 is 0 Å². The number of hydrogen-bond acceptors (Lipinski definition) is 5. The molecule has 0 saturated carbocycles. The SMILES string of the molecule is CCCCN1C(=O)[C@@H]2C[C@@H](O)CN2C(=O)c2cc(OC)c(OCc3ccccc3)cc21. The number of hydrogen-bond donors (Lipinski definition) is 1. The van der Waals surface area contributed by atoms with Crippen molar-refractivity contribution in [2.24, 2.45) is 0 Å². The maximum atomic E-state index is 13.4. The van der Waals surface area contributed by atoms with Crippen LogP contribution in [0.25, 0.3) is 0 Å². The number of rotatable bonds is 7. The van der Waals surface area contributed by atoms with E-state index in [-0.39, 0.29) is 24.8 Å². The van der Waals surface area contributed by atoms with E-state index in [4.69, 9.17) is 9.47 Å². The molecule has 7 heteroatoms. The summed E-state index contributed by atoms with van der Waals surface area (Å²) >= 11 is 0. The molecule has 164 valence electrons. The molecule has 0 aromatic heterocycles. The minimum atomic E-state index is -0.692. The standard InChI is InChI=1S/C24H28N2O5/c1-3-4-10-25-19-13-22(31-15-16-8-6-5-7-9-16)21(30-2)12-18(19)23(28)26-14-17(27)11-20(26)24(25)29/h5-9,12-13,17,20,27H,3-4,10-11,14-15H2,1-2H3/t17-,20+/m1/s1. The van der Waals surface area contributed by atoms with Gasteiger partial charge in [-0.2, -0.15) is 0 Å². The maximum absolute atomic E-state index is 13.4. The first kappa shape index (κ1) is 21.2. The fraction of sp³-hybridized carbons (Fsp3) is 0.417. The summed E-state index contributed by atoms with van der Waals surface area (Å²) in [5.41, 5.74) is 1.94. The second kappa shape index (κ2) is 8.98. The van der Waals surface area contributed by atoms with Crippen molar-refractivity contribution in [3.05, 3.63) is 53.6 Å². The molecule has 2 heterocycles. The van der Waals surface area contributed by atoms with Crippen LogP contribution in [0.15, 0.2) is 42.5 Å². The number of aliphatic hydroxyl groups excluding tert-OH is 1. The highest BCUT2D eigenvalue weighted by Crippen LogP contribution is 2.40. The predicted octanol–water partition coefficient (Wildman–Crippen LogP) is 3.00. The van der Waals surface area contributed by atoms with Gasteiger partial charge in [-0.1, -0.05) is 43.7 Å². The van der Waals surface area contributed by atoms with Crippen LogP contribution in [-0.4, -0.2) is 54.2 Å². The normalized spacial score (nSPS) is 20.4. The lowest BCUT2D eigenvalue weighted by Crippen LogP contribution is -2.45. The summed E-state index contributed by atoms with van der Waals surface area (Å²) in [7, 11) is 1.53. The summed E-state index contributed by atoms with van der Waals surface area (Å²) in [5, 5.41) is 10.1. The number of amides is 2. The first-order valence-electron chi connectivity index (χ1n) is 10.7. The first-order valence-corrected chi connectivity index (χ1v) is 10.7. The largest absolute Gasteiger partial charge is 0.493 e. The Morgan fingerprint density at radius 2 is 1.90 bits per heavy atom.